The molecule has 0 bridgehead atoms. The van der Waals surface area contributed by atoms with Gasteiger partial charge in [0.2, 0.25) is 0 Å². The summed E-state index contributed by atoms with van der Waals surface area (Å²) >= 11 is 1.53. The fourth-order valence-corrected chi connectivity index (χ4v) is 4.25. The van der Waals surface area contributed by atoms with Crippen LogP contribution in [0.25, 0.3) is 10.2 Å². The van der Waals surface area contributed by atoms with Gasteiger partial charge in [0.1, 0.15) is 0 Å². The highest BCUT2D eigenvalue weighted by Crippen LogP contribution is 2.32. The molecule has 6 nitrogen and oxygen atoms in total. The molecule has 0 spiro atoms. The lowest BCUT2D eigenvalue weighted by Crippen LogP contribution is -2.31. The third kappa shape index (κ3) is 3.41. The average molecular weight is 392 g/mol. The van der Waals surface area contributed by atoms with Gasteiger partial charge in [-0.1, -0.05) is 36.5 Å². The Morgan fingerprint density at radius 1 is 1.25 bits per heavy atom. The van der Waals surface area contributed by atoms with Crippen LogP contribution in [0.5, 0.6) is 0 Å². The molecule has 0 N–H and O–H groups in total. The Balaban J connectivity index is 1.81. The van der Waals surface area contributed by atoms with Crippen LogP contribution in [0.4, 0.5) is 5.13 Å². The summed E-state index contributed by atoms with van der Waals surface area (Å²) in [6.07, 6.45) is 6.25. The van der Waals surface area contributed by atoms with Crippen LogP contribution < -0.4 is 4.90 Å². The largest absolute Gasteiger partial charge is 0.281 e. The molecule has 0 unspecified atom stereocenters. The second-order valence-corrected chi connectivity index (χ2v) is 7.71. The van der Waals surface area contributed by atoms with Crippen LogP contribution in [0.2, 0.25) is 0 Å². The first-order valence-corrected chi connectivity index (χ1v) is 9.98. The predicted octanol–water partition coefficient (Wildman–Crippen LogP) is 4.14. The van der Waals surface area contributed by atoms with E-state index in [1.807, 2.05) is 38.4 Å². The van der Waals surface area contributed by atoms with Crippen molar-refractivity contribution in [3.05, 3.63) is 71.3 Å². The number of hydrogen-bond acceptors (Lipinski definition) is 5. The lowest BCUT2D eigenvalue weighted by atomic mass is 10.1. The maximum atomic E-state index is 13.4. The molecule has 0 atom stereocenters. The number of nitrogens with zero attached hydrogens (tertiary/aromatic N) is 5. The summed E-state index contributed by atoms with van der Waals surface area (Å²) < 4.78 is 2.74. The van der Waals surface area contributed by atoms with E-state index in [2.05, 4.69) is 29.1 Å². The molecule has 0 saturated heterocycles. The molecular weight excluding hydrogens is 370 g/mol. The van der Waals surface area contributed by atoms with Crippen molar-refractivity contribution in [2.75, 3.05) is 4.90 Å². The first-order chi connectivity index (χ1) is 13.6. The molecule has 0 fully saturated rings. The summed E-state index contributed by atoms with van der Waals surface area (Å²) in [5, 5.41) is 5.05. The Kier molecular flexibility index (Phi) is 4.92. The first-order valence-electron chi connectivity index (χ1n) is 9.16. The third-order valence-electron chi connectivity index (χ3n) is 4.63. The fraction of sp³-hybridized carbons (Fsp3) is 0.238. The molecule has 7 heteroatoms. The summed E-state index contributed by atoms with van der Waals surface area (Å²) in [5.74, 6) is -0.154. The van der Waals surface area contributed by atoms with Gasteiger partial charge in [-0.05, 0) is 36.6 Å². The Labute approximate surface area is 167 Å². The van der Waals surface area contributed by atoms with Crippen molar-refractivity contribution < 1.29 is 4.79 Å². The molecule has 3 aromatic heterocycles. The molecule has 1 amide bonds. The maximum absolute atomic E-state index is 13.4. The topological polar surface area (TPSA) is 63.9 Å². The van der Waals surface area contributed by atoms with E-state index in [-0.39, 0.29) is 5.91 Å². The van der Waals surface area contributed by atoms with E-state index in [0.29, 0.717) is 17.4 Å². The number of hydrogen-bond donors (Lipinski definition) is 0. The summed E-state index contributed by atoms with van der Waals surface area (Å²) in [5.41, 5.74) is 4.38. The predicted molar refractivity (Wildman–Crippen MR) is 112 cm³/mol. The normalized spacial score (nSPS) is 11.1. The summed E-state index contributed by atoms with van der Waals surface area (Å²) in [6, 6.07) is 10.0. The standard InChI is InChI=1S/C21H21N5OS/c1-4-16-8-5-9-17-19(16)23-21(28-17)26(13-15-7-6-10-22-11-15)20(27)18-14(2)12-25(3)24-18/h5-12H,4,13H2,1-3H3. The van der Waals surface area contributed by atoms with Crippen LogP contribution in [0.15, 0.2) is 48.9 Å². The zero-order chi connectivity index (χ0) is 19.7. The minimum absolute atomic E-state index is 0.154. The number of amides is 1. The number of rotatable bonds is 5. The van der Waals surface area contributed by atoms with E-state index >= 15 is 0 Å². The van der Waals surface area contributed by atoms with Gasteiger partial charge in [0.15, 0.2) is 10.8 Å². The highest BCUT2D eigenvalue weighted by atomic mass is 32.1. The number of pyridine rings is 1. The number of aromatic nitrogens is 4. The number of para-hydroxylation sites is 1. The third-order valence-corrected chi connectivity index (χ3v) is 5.67. The van der Waals surface area contributed by atoms with Crippen molar-refractivity contribution in [1.29, 1.82) is 0 Å². The molecule has 142 valence electrons. The second kappa shape index (κ2) is 7.52. The first kappa shape index (κ1) is 18.3. The van der Waals surface area contributed by atoms with Crippen LogP contribution in [0.3, 0.4) is 0 Å². The Morgan fingerprint density at radius 3 is 2.79 bits per heavy atom. The number of benzene rings is 1. The van der Waals surface area contributed by atoms with Crippen LogP contribution in [0, 0.1) is 6.92 Å². The van der Waals surface area contributed by atoms with Crippen LogP contribution in [-0.2, 0) is 20.0 Å². The molecular formula is C21H21N5OS. The van der Waals surface area contributed by atoms with Crippen LogP contribution >= 0.6 is 11.3 Å². The Bertz CT molecular complexity index is 1130. The van der Waals surface area contributed by atoms with E-state index in [4.69, 9.17) is 4.98 Å². The molecule has 3 heterocycles. The van der Waals surface area contributed by atoms with Crippen molar-refractivity contribution in [1.82, 2.24) is 19.7 Å². The molecule has 0 aliphatic heterocycles. The lowest BCUT2D eigenvalue weighted by Gasteiger charge is -2.19. The van der Waals surface area contributed by atoms with Gasteiger partial charge in [-0.25, -0.2) is 4.98 Å². The summed E-state index contributed by atoms with van der Waals surface area (Å²) in [6.45, 7) is 4.41. The minimum atomic E-state index is -0.154. The molecule has 4 rings (SSSR count). The van der Waals surface area contributed by atoms with Crippen LogP contribution in [0.1, 0.15) is 34.1 Å². The fourth-order valence-electron chi connectivity index (χ4n) is 3.24. The summed E-state index contributed by atoms with van der Waals surface area (Å²) in [4.78, 5) is 24.1. The number of anilines is 1. The monoisotopic (exact) mass is 391 g/mol. The lowest BCUT2D eigenvalue weighted by molar-refractivity contribution is 0.0979. The zero-order valence-electron chi connectivity index (χ0n) is 16.1. The van der Waals surface area contributed by atoms with Gasteiger partial charge in [0.05, 0.1) is 16.8 Å². The average Bonchev–Trinajstić information content (AvgIpc) is 3.28. The van der Waals surface area contributed by atoms with Crippen molar-refractivity contribution in [2.45, 2.75) is 26.8 Å². The molecule has 0 saturated carbocycles. The van der Waals surface area contributed by atoms with Crippen LogP contribution in [-0.4, -0.2) is 25.7 Å². The summed E-state index contributed by atoms with van der Waals surface area (Å²) in [7, 11) is 1.82. The number of fused-ring (bicyclic) bond motifs is 1. The highest BCUT2D eigenvalue weighted by Gasteiger charge is 2.25. The van der Waals surface area contributed by atoms with E-state index in [9.17, 15) is 4.79 Å². The van der Waals surface area contributed by atoms with Gasteiger partial charge in [-0.3, -0.25) is 19.4 Å². The molecule has 0 radical (unpaired) electrons. The molecule has 28 heavy (non-hydrogen) atoms. The van der Waals surface area contributed by atoms with E-state index in [1.165, 1.54) is 16.9 Å². The van der Waals surface area contributed by atoms with Crippen molar-refractivity contribution in [2.24, 2.45) is 7.05 Å². The van der Waals surface area contributed by atoms with Gasteiger partial charge in [0, 0.05) is 31.2 Å². The zero-order valence-corrected chi connectivity index (χ0v) is 16.9. The molecule has 0 aliphatic carbocycles. The van der Waals surface area contributed by atoms with Crippen molar-refractivity contribution >= 4 is 32.6 Å². The van der Waals surface area contributed by atoms with E-state index in [0.717, 1.165) is 27.8 Å². The Morgan fingerprint density at radius 2 is 2.11 bits per heavy atom. The van der Waals surface area contributed by atoms with E-state index < -0.39 is 0 Å². The smallest absolute Gasteiger partial charge is 0.278 e. The molecule has 4 aromatic rings. The Hall–Kier alpha value is -3.06. The van der Waals surface area contributed by atoms with Gasteiger partial charge in [-0.2, -0.15) is 5.10 Å². The number of carbonyl (C=O) groups excluding carboxylic acids is 1. The van der Waals surface area contributed by atoms with Crippen molar-refractivity contribution in [3.8, 4) is 0 Å². The number of carbonyl (C=O) groups is 1. The highest BCUT2D eigenvalue weighted by molar-refractivity contribution is 7.22. The van der Waals surface area contributed by atoms with Crippen molar-refractivity contribution in [3.63, 3.8) is 0 Å². The quantitative estimate of drug-likeness (QED) is 0.513. The van der Waals surface area contributed by atoms with Gasteiger partial charge < -0.3 is 0 Å². The molecule has 1 aromatic carbocycles. The van der Waals surface area contributed by atoms with Gasteiger partial charge in [-0.15, -0.1) is 0 Å². The molecule has 0 aliphatic rings. The van der Waals surface area contributed by atoms with E-state index in [1.54, 1.807) is 22.0 Å². The maximum Gasteiger partial charge on any atom is 0.281 e. The minimum Gasteiger partial charge on any atom is -0.278 e. The van der Waals surface area contributed by atoms with Gasteiger partial charge >= 0.3 is 0 Å². The SMILES string of the molecule is CCc1cccc2sc(N(Cc3cccnc3)C(=O)c3nn(C)cc3C)nc12. The number of aryl methyl sites for hydroxylation is 3. The second-order valence-electron chi connectivity index (χ2n) is 6.70. The number of thiazole rings is 1. The van der Waals surface area contributed by atoms with Gasteiger partial charge in [0.25, 0.3) is 5.91 Å².